The van der Waals surface area contributed by atoms with Gasteiger partial charge in [0.15, 0.2) is 11.3 Å². The molecule has 0 spiro atoms. The molecule has 0 aliphatic rings. The quantitative estimate of drug-likeness (QED) is 0.329. The lowest BCUT2D eigenvalue weighted by molar-refractivity contribution is -0.128. The smallest absolute Gasteiger partial charge is 0.259 e. The van der Waals surface area contributed by atoms with Crippen LogP contribution in [0.5, 0.6) is 0 Å². The molecule has 0 bridgehead atoms. The first-order valence-electron chi connectivity index (χ1n) is 3.92. The van der Waals surface area contributed by atoms with E-state index >= 15 is 0 Å². The molecule has 1 aromatic carbocycles. The Balaban J connectivity index is 2.71. The van der Waals surface area contributed by atoms with Gasteiger partial charge >= 0.3 is 0 Å². The Labute approximate surface area is 86.9 Å². The summed E-state index contributed by atoms with van der Waals surface area (Å²) >= 11 is 3.58. The molecule has 14 heavy (non-hydrogen) atoms. The minimum atomic E-state index is -1.26. The molecule has 1 amide bonds. The normalized spacial score (nSPS) is 11.9. The van der Waals surface area contributed by atoms with Crippen LogP contribution in [0.2, 0.25) is 0 Å². The molecule has 0 aliphatic carbocycles. The van der Waals surface area contributed by atoms with Crippen molar-refractivity contribution in [2.75, 3.05) is 0 Å². The molecule has 74 valence electrons. The fourth-order valence-electron chi connectivity index (χ4n) is 0.972. The van der Waals surface area contributed by atoms with Gasteiger partial charge in [-0.1, -0.05) is 30.3 Å². The van der Waals surface area contributed by atoms with Crippen molar-refractivity contribution in [3.8, 4) is 0 Å². The standard InChI is InChI=1S/C9H10N2O2S/c10-9(14)11-8(13)7(12)6-4-2-1-3-5-6/h1-5,7,12H,(H3,10,11,13,14)/t7-/m0/s1. The number of amides is 1. The highest BCUT2D eigenvalue weighted by Crippen LogP contribution is 2.11. The largest absolute Gasteiger partial charge is 0.378 e. The van der Waals surface area contributed by atoms with Crippen LogP contribution in [0.1, 0.15) is 11.7 Å². The zero-order valence-corrected chi connectivity index (χ0v) is 8.16. The van der Waals surface area contributed by atoms with Crippen molar-refractivity contribution in [2.45, 2.75) is 6.10 Å². The van der Waals surface area contributed by atoms with Crippen molar-refractivity contribution in [1.29, 1.82) is 5.41 Å². The van der Waals surface area contributed by atoms with Crippen LogP contribution < -0.4 is 5.32 Å². The summed E-state index contributed by atoms with van der Waals surface area (Å²) in [5, 5.41) is 18.2. The number of benzene rings is 1. The van der Waals surface area contributed by atoms with Gasteiger partial charge in [0, 0.05) is 0 Å². The number of carbonyl (C=O) groups is 1. The van der Waals surface area contributed by atoms with Gasteiger partial charge in [0.05, 0.1) is 0 Å². The summed E-state index contributed by atoms with van der Waals surface area (Å²) in [5.41, 5.74) is 0.486. The maximum absolute atomic E-state index is 11.2. The summed E-state index contributed by atoms with van der Waals surface area (Å²) in [6.07, 6.45) is -1.26. The van der Waals surface area contributed by atoms with E-state index in [1.54, 1.807) is 30.3 Å². The third kappa shape index (κ3) is 2.86. The summed E-state index contributed by atoms with van der Waals surface area (Å²) in [6.45, 7) is 0. The second-order valence-corrected chi connectivity index (χ2v) is 3.10. The maximum Gasteiger partial charge on any atom is 0.259 e. The SMILES string of the molecule is N=C(S)NC(=O)[C@@H](O)c1ccccc1. The number of carbonyl (C=O) groups excluding carboxylic acids is 1. The van der Waals surface area contributed by atoms with E-state index in [-0.39, 0.29) is 5.17 Å². The van der Waals surface area contributed by atoms with E-state index in [0.29, 0.717) is 5.56 Å². The molecule has 5 heteroatoms. The van der Waals surface area contributed by atoms with E-state index < -0.39 is 12.0 Å². The fourth-order valence-corrected chi connectivity index (χ4v) is 1.08. The molecule has 1 rings (SSSR count). The summed E-state index contributed by atoms with van der Waals surface area (Å²) in [4.78, 5) is 11.2. The van der Waals surface area contributed by atoms with E-state index in [2.05, 4.69) is 17.9 Å². The van der Waals surface area contributed by atoms with Crippen LogP contribution in [-0.4, -0.2) is 16.2 Å². The highest BCUT2D eigenvalue weighted by molar-refractivity contribution is 7.96. The Hall–Kier alpha value is -1.33. The Morgan fingerprint density at radius 2 is 2.00 bits per heavy atom. The number of nitrogens with one attached hydrogen (secondary N) is 2. The molecule has 0 fully saturated rings. The van der Waals surface area contributed by atoms with Gasteiger partial charge in [-0.3, -0.25) is 10.2 Å². The number of hydrogen-bond acceptors (Lipinski definition) is 3. The predicted molar refractivity (Wildman–Crippen MR) is 56.3 cm³/mol. The topological polar surface area (TPSA) is 73.2 Å². The maximum atomic E-state index is 11.2. The lowest BCUT2D eigenvalue weighted by Crippen LogP contribution is -2.31. The van der Waals surface area contributed by atoms with E-state index in [0.717, 1.165) is 0 Å². The Morgan fingerprint density at radius 3 is 2.50 bits per heavy atom. The van der Waals surface area contributed by atoms with Crippen LogP contribution in [0.15, 0.2) is 30.3 Å². The average Bonchev–Trinajstić information content (AvgIpc) is 2.17. The van der Waals surface area contributed by atoms with Gasteiger partial charge in [0.25, 0.3) is 5.91 Å². The van der Waals surface area contributed by atoms with Crippen LogP contribution in [0.4, 0.5) is 0 Å². The van der Waals surface area contributed by atoms with Gasteiger partial charge in [-0.2, -0.15) is 0 Å². The molecule has 1 atom stereocenters. The average molecular weight is 210 g/mol. The monoisotopic (exact) mass is 210 g/mol. The molecule has 1 aromatic rings. The number of aliphatic hydroxyl groups is 1. The first-order valence-corrected chi connectivity index (χ1v) is 4.37. The third-order valence-electron chi connectivity index (χ3n) is 1.61. The van der Waals surface area contributed by atoms with Crippen LogP contribution >= 0.6 is 12.6 Å². The molecule has 4 nitrogen and oxygen atoms in total. The zero-order chi connectivity index (χ0) is 10.6. The zero-order valence-electron chi connectivity index (χ0n) is 7.27. The number of rotatable bonds is 2. The van der Waals surface area contributed by atoms with Gasteiger partial charge in [-0.15, -0.1) is 12.6 Å². The molecular formula is C9H10N2O2S. The van der Waals surface area contributed by atoms with Crippen LogP contribution in [0.3, 0.4) is 0 Å². The van der Waals surface area contributed by atoms with E-state index in [1.807, 2.05) is 0 Å². The molecule has 0 unspecified atom stereocenters. The molecule has 0 aromatic heterocycles. The van der Waals surface area contributed by atoms with Crippen molar-refractivity contribution >= 4 is 23.7 Å². The second-order valence-electron chi connectivity index (χ2n) is 2.65. The first-order chi connectivity index (χ1) is 6.61. The van der Waals surface area contributed by atoms with Gasteiger partial charge in [-0.25, -0.2) is 0 Å². The third-order valence-corrected chi connectivity index (χ3v) is 1.72. The molecule has 0 saturated carbocycles. The minimum Gasteiger partial charge on any atom is -0.378 e. The van der Waals surface area contributed by atoms with Crippen LogP contribution in [-0.2, 0) is 4.79 Å². The molecule has 0 radical (unpaired) electrons. The van der Waals surface area contributed by atoms with E-state index in [4.69, 9.17) is 5.41 Å². The molecular weight excluding hydrogens is 200 g/mol. The summed E-state index contributed by atoms with van der Waals surface area (Å²) in [6, 6.07) is 8.49. The highest BCUT2D eigenvalue weighted by atomic mass is 32.1. The van der Waals surface area contributed by atoms with Crippen molar-refractivity contribution in [1.82, 2.24) is 5.32 Å². The molecule has 0 aliphatic heterocycles. The number of amidine groups is 1. The van der Waals surface area contributed by atoms with Gasteiger partial charge in [0.2, 0.25) is 0 Å². The van der Waals surface area contributed by atoms with Crippen molar-refractivity contribution in [3.05, 3.63) is 35.9 Å². The fraction of sp³-hybridized carbons (Fsp3) is 0.111. The molecule has 3 N–H and O–H groups in total. The molecule has 0 saturated heterocycles. The second kappa shape index (κ2) is 4.78. The Kier molecular flexibility index (Phi) is 3.67. The molecule has 0 heterocycles. The van der Waals surface area contributed by atoms with E-state index in [9.17, 15) is 9.90 Å². The van der Waals surface area contributed by atoms with Gasteiger partial charge < -0.3 is 10.4 Å². The van der Waals surface area contributed by atoms with Crippen molar-refractivity contribution < 1.29 is 9.90 Å². The number of thiol groups is 1. The number of aliphatic hydroxyl groups excluding tert-OH is 1. The summed E-state index contributed by atoms with van der Waals surface area (Å²) < 4.78 is 0. The Bertz CT molecular complexity index is 340. The van der Waals surface area contributed by atoms with Gasteiger partial charge in [-0.05, 0) is 5.56 Å². The first kappa shape index (κ1) is 10.7. The van der Waals surface area contributed by atoms with Crippen molar-refractivity contribution in [2.24, 2.45) is 0 Å². The van der Waals surface area contributed by atoms with Gasteiger partial charge in [0.1, 0.15) is 0 Å². The minimum absolute atomic E-state index is 0.287. The lowest BCUT2D eigenvalue weighted by Gasteiger charge is -2.09. The van der Waals surface area contributed by atoms with Crippen LogP contribution in [0.25, 0.3) is 0 Å². The Morgan fingerprint density at radius 1 is 1.43 bits per heavy atom. The number of hydrogen-bond donors (Lipinski definition) is 4. The summed E-state index contributed by atoms with van der Waals surface area (Å²) in [5.74, 6) is -0.656. The van der Waals surface area contributed by atoms with Crippen LogP contribution in [0, 0.1) is 5.41 Å². The van der Waals surface area contributed by atoms with Crippen molar-refractivity contribution in [3.63, 3.8) is 0 Å². The van der Waals surface area contributed by atoms with E-state index in [1.165, 1.54) is 0 Å². The summed E-state index contributed by atoms with van der Waals surface area (Å²) in [7, 11) is 0. The predicted octanol–water partition coefficient (Wildman–Crippen LogP) is 0.701. The lowest BCUT2D eigenvalue weighted by atomic mass is 10.1. The highest BCUT2D eigenvalue weighted by Gasteiger charge is 2.16.